The van der Waals surface area contributed by atoms with Crippen LogP contribution in [0.15, 0.2) is 45.5 Å². The number of thiophene rings is 1. The second-order valence-electron chi connectivity index (χ2n) is 5.51. The normalized spacial score (nSPS) is 11.0. The van der Waals surface area contributed by atoms with Crippen molar-refractivity contribution < 1.29 is 13.9 Å². The maximum atomic E-state index is 5.67. The van der Waals surface area contributed by atoms with Crippen LogP contribution in [0, 0.1) is 4.84 Å². The van der Waals surface area contributed by atoms with Gasteiger partial charge >= 0.3 is 0 Å². The van der Waals surface area contributed by atoms with Crippen molar-refractivity contribution in [3.8, 4) is 11.5 Å². The van der Waals surface area contributed by atoms with Crippen LogP contribution in [-0.2, 0) is 19.8 Å². The predicted molar refractivity (Wildman–Crippen MR) is 98.4 cm³/mol. The third kappa shape index (κ3) is 4.91. The molecule has 0 amide bonds. The molecule has 0 N–H and O–H groups in total. The molecule has 25 heavy (non-hydrogen) atoms. The van der Waals surface area contributed by atoms with Crippen molar-refractivity contribution in [2.24, 2.45) is 0 Å². The van der Waals surface area contributed by atoms with Crippen LogP contribution in [0.4, 0.5) is 0 Å². The van der Waals surface area contributed by atoms with Crippen LogP contribution in [0.25, 0.3) is 0 Å². The van der Waals surface area contributed by atoms with Gasteiger partial charge in [0.15, 0.2) is 6.61 Å². The molecule has 2 aromatic heterocycles. The summed E-state index contributed by atoms with van der Waals surface area (Å²) in [4.78, 5) is 2.46. The van der Waals surface area contributed by atoms with Gasteiger partial charge in [0, 0.05) is 6.54 Å². The van der Waals surface area contributed by atoms with Gasteiger partial charge in [-0.2, -0.15) is 11.3 Å². The fourth-order valence-electron chi connectivity index (χ4n) is 2.29. The molecule has 0 atom stereocenters. The zero-order chi connectivity index (χ0) is 17.6. The SMILES string of the molecule is COc1ccc(OCc2nn(CN(C)Cc3ccsc3)c(=S)o2)cc1. The molecule has 0 spiro atoms. The van der Waals surface area contributed by atoms with Crippen molar-refractivity contribution in [2.75, 3.05) is 14.2 Å². The van der Waals surface area contributed by atoms with Crippen LogP contribution < -0.4 is 9.47 Å². The van der Waals surface area contributed by atoms with Gasteiger partial charge in [0.1, 0.15) is 11.5 Å². The molecule has 3 rings (SSSR count). The Balaban J connectivity index is 1.56. The van der Waals surface area contributed by atoms with Crippen LogP contribution in [-0.4, -0.2) is 28.8 Å². The number of nitrogens with zero attached hydrogens (tertiary/aromatic N) is 3. The highest BCUT2D eigenvalue weighted by atomic mass is 32.1. The van der Waals surface area contributed by atoms with Crippen molar-refractivity contribution in [1.29, 1.82) is 0 Å². The average molecular weight is 377 g/mol. The van der Waals surface area contributed by atoms with E-state index in [4.69, 9.17) is 26.1 Å². The highest BCUT2D eigenvalue weighted by molar-refractivity contribution is 7.71. The Kier molecular flexibility index (Phi) is 5.85. The lowest BCUT2D eigenvalue weighted by Gasteiger charge is -2.14. The Morgan fingerprint density at radius 1 is 1.24 bits per heavy atom. The lowest BCUT2D eigenvalue weighted by Crippen LogP contribution is -2.22. The molecule has 0 radical (unpaired) electrons. The second kappa shape index (κ2) is 8.28. The summed E-state index contributed by atoms with van der Waals surface area (Å²) in [6.45, 7) is 1.60. The Morgan fingerprint density at radius 2 is 2.00 bits per heavy atom. The van der Waals surface area contributed by atoms with Crippen molar-refractivity contribution in [3.05, 3.63) is 57.4 Å². The monoisotopic (exact) mass is 377 g/mol. The van der Waals surface area contributed by atoms with E-state index in [9.17, 15) is 0 Å². The van der Waals surface area contributed by atoms with E-state index in [0.717, 1.165) is 12.3 Å². The highest BCUT2D eigenvalue weighted by Gasteiger charge is 2.09. The third-order valence-electron chi connectivity index (χ3n) is 3.48. The van der Waals surface area contributed by atoms with Gasteiger partial charge in [-0.25, -0.2) is 4.68 Å². The number of methoxy groups -OCH3 is 1. The minimum absolute atomic E-state index is 0.219. The molecule has 0 fully saturated rings. The van der Waals surface area contributed by atoms with E-state index >= 15 is 0 Å². The van der Waals surface area contributed by atoms with Gasteiger partial charge in [-0.15, -0.1) is 5.10 Å². The zero-order valence-corrected chi connectivity index (χ0v) is 15.7. The minimum Gasteiger partial charge on any atom is -0.497 e. The molecule has 0 aliphatic carbocycles. The van der Waals surface area contributed by atoms with Gasteiger partial charge in [-0.3, -0.25) is 4.90 Å². The van der Waals surface area contributed by atoms with Crippen LogP contribution >= 0.6 is 23.6 Å². The molecule has 0 bridgehead atoms. The average Bonchev–Trinajstić information content (AvgIpc) is 3.23. The Labute approximate surface area is 155 Å². The molecular formula is C17H19N3O3S2. The van der Waals surface area contributed by atoms with Gasteiger partial charge < -0.3 is 13.9 Å². The largest absolute Gasteiger partial charge is 0.497 e. The van der Waals surface area contributed by atoms with Gasteiger partial charge in [0.05, 0.1) is 13.8 Å². The lowest BCUT2D eigenvalue weighted by atomic mass is 10.3. The number of hydrogen-bond acceptors (Lipinski definition) is 7. The van der Waals surface area contributed by atoms with E-state index < -0.39 is 0 Å². The molecule has 132 valence electrons. The maximum Gasteiger partial charge on any atom is 0.288 e. The molecule has 1 aromatic carbocycles. The number of aromatic nitrogens is 2. The quantitative estimate of drug-likeness (QED) is 0.554. The van der Waals surface area contributed by atoms with Gasteiger partial charge in [-0.1, -0.05) is 0 Å². The molecule has 6 nitrogen and oxygen atoms in total. The minimum atomic E-state index is 0.219. The molecular weight excluding hydrogens is 358 g/mol. The van der Waals surface area contributed by atoms with Crippen molar-refractivity contribution >= 4 is 23.6 Å². The summed E-state index contributed by atoms with van der Waals surface area (Å²) in [6.07, 6.45) is 0. The lowest BCUT2D eigenvalue weighted by molar-refractivity contribution is 0.240. The van der Waals surface area contributed by atoms with Gasteiger partial charge in [-0.05, 0) is 65.9 Å². The van der Waals surface area contributed by atoms with Crippen LogP contribution in [0.2, 0.25) is 0 Å². The van der Waals surface area contributed by atoms with Crippen molar-refractivity contribution in [2.45, 2.75) is 19.8 Å². The molecule has 0 aliphatic heterocycles. The fourth-order valence-corrected chi connectivity index (χ4v) is 3.14. The number of ether oxygens (including phenoxy) is 2. The standard InChI is InChI=1S/C17H19N3O3S2/c1-19(9-13-7-8-25-11-13)12-20-17(24)23-16(18-20)10-22-15-5-3-14(21-2)4-6-15/h3-8,11H,9-10,12H2,1-2H3. The fraction of sp³-hybridized carbons (Fsp3) is 0.294. The van der Waals surface area contributed by atoms with Crippen LogP contribution in [0.5, 0.6) is 11.5 Å². The summed E-state index contributed by atoms with van der Waals surface area (Å²) >= 11 is 6.93. The van der Waals surface area contributed by atoms with Gasteiger partial charge in [0.2, 0.25) is 0 Å². The van der Waals surface area contributed by atoms with E-state index in [2.05, 4.69) is 26.8 Å². The summed E-state index contributed by atoms with van der Waals surface area (Å²) in [5, 5.41) is 8.59. The van der Waals surface area contributed by atoms with E-state index in [-0.39, 0.29) is 6.61 Å². The highest BCUT2D eigenvalue weighted by Crippen LogP contribution is 2.18. The topological polar surface area (TPSA) is 52.7 Å². The Bertz CT molecular complexity index is 841. The first-order chi connectivity index (χ1) is 12.1. The number of rotatable bonds is 8. The molecule has 3 aromatic rings. The summed E-state index contributed by atoms with van der Waals surface area (Å²) in [7, 11) is 3.64. The Hall–Kier alpha value is -2.16. The van der Waals surface area contributed by atoms with Gasteiger partial charge in [0.25, 0.3) is 10.7 Å². The molecule has 0 unspecified atom stereocenters. The third-order valence-corrected chi connectivity index (χ3v) is 4.50. The summed E-state index contributed by atoms with van der Waals surface area (Å²) in [5.41, 5.74) is 1.27. The maximum absolute atomic E-state index is 5.67. The summed E-state index contributed by atoms with van der Waals surface area (Å²) < 4.78 is 18.0. The van der Waals surface area contributed by atoms with E-state index in [1.54, 1.807) is 23.1 Å². The smallest absolute Gasteiger partial charge is 0.288 e. The predicted octanol–water partition coefficient (Wildman–Crippen LogP) is 3.94. The van der Waals surface area contributed by atoms with E-state index in [1.807, 2.05) is 31.3 Å². The van der Waals surface area contributed by atoms with E-state index in [0.29, 0.717) is 23.1 Å². The second-order valence-corrected chi connectivity index (χ2v) is 6.64. The van der Waals surface area contributed by atoms with E-state index in [1.165, 1.54) is 5.56 Å². The molecule has 0 saturated heterocycles. The number of benzene rings is 1. The molecule has 0 saturated carbocycles. The first-order valence-corrected chi connectivity index (χ1v) is 9.02. The molecule has 8 heteroatoms. The first-order valence-electron chi connectivity index (χ1n) is 7.67. The molecule has 0 aliphatic rings. The zero-order valence-electron chi connectivity index (χ0n) is 14.0. The first kappa shape index (κ1) is 17.7. The number of hydrogen-bond donors (Lipinski definition) is 0. The van der Waals surface area contributed by atoms with Crippen LogP contribution in [0.3, 0.4) is 0 Å². The van der Waals surface area contributed by atoms with Crippen molar-refractivity contribution in [1.82, 2.24) is 14.7 Å². The Morgan fingerprint density at radius 3 is 2.68 bits per heavy atom. The summed E-state index contributed by atoms with van der Waals surface area (Å²) in [5.74, 6) is 1.94. The molecule has 2 heterocycles. The van der Waals surface area contributed by atoms with Crippen molar-refractivity contribution in [3.63, 3.8) is 0 Å². The van der Waals surface area contributed by atoms with Crippen LogP contribution in [0.1, 0.15) is 11.5 Å². The summed E-state index contributed by atoms with van der Waals surface area (Å²) in [6, 6.07) is 9.45.